The van der Waals surface area contributed by atoms with Crippen molar-refractivity contribution < 1.29 is 19.0 Å². The van der Waals surface area contributed by atoms with Crippen molar-refractivity contribution in [2.45, 2.75) is 19.6 Å². The Hall–Kier alpha value is -4.01. The minimum Gasteiger partial charge on any atom is -0.493 e. The first kappa shape index (κ1) is 25.6. The average molecular weight is 551 g/mol. The molecule has 1 aromatic heterocycles. The highest BCUT2D eigenvalue weighted by Crippen LogP contribution is 2.41. The number of anilines is 1. The van der Waals surface area contributed by atoms with E-state index in [0.717, 1.165) is 11.1 Å². The molecule has 4 aromatic rings. The Morgan fingerprint density at radius 2 is 1.79 bits per heavy atom. The summed E-state index contributed by atoms with van der Waals surface area (Å²) >= 11 is 12.6. The number of hydrogen-bond acceptors (Lipinski definition) is 7. The zero-order valence-electron chi connectivity index (χ0n) is 20.7. The summed E-state index contributed by atoms with van der Waals surface area (Å²) in [5.41, 5.74) is 3.22. The van der Waals surface area contributed by atoms with Crippen molar-refractivity contribution in [3.05, 3.63) is 105 Å². The van der Waals surface area contributed by atoms with Gasteiger partial charge in [-0.25, -0.2) is 9.48 Å². The zero-order chi connectivity index (χ0) is 26.6. The summed E-state index contributed by atoms with van der Waals surface area (Å²) in [4.78, 5) is 17.7. The first-order valence-corrected chi connectivity index (χ1v) is 12.6. The summed E-state index contributed by atoms with van der Waals surface area (Å²) in [6, 6.07) is 19.7. The Labute approximate surface area is 229 Å². The second-order valence-electron chi connectivity index (χ2n) is 8.33. The third kappa shape index (κ3) is 4.92. The van der Waals surface area contributed by atoms with E-state index in [-0.39, 0.29) is 13.2 Å². The highest BCUT2D eigenvalue weighted by atomic mass is 35.5. The number of carbonyl (C=O) groups is 1. The molecule has 194 valence electrons. The predicted molar refractivity (Wildman–Crippen MR) is 146 cm³/mol. The topological polar surface area (TPSA) is 87.5 Å². The van der Waals surface area contributed by atoms with Crippen LogP contribution in [-0.2, 0) is 16.1 Å². The van der Waals surface area contributed by atoms with Gasteiger partial charge in [-0.1, -0.05) is 65.7 Å². The van der Waals surface area contributed by atoms with Crippen molar-refractivity contribution in [2.75, 3.05) is 19.0 Å². The highest BCUT2D eigenvalue weighted by Gasteiger charge is 2.36. The number of esters is 1. The van der Waals surface area contributed by atoms with Gasteiger partial charge in [-0.2, -0.15) is 10.1 Å². The quantitative estimate of drug-likeness (QED) is 0.263. The molecule has 1 unspecified atom stereocenters. The first-order valence-electron chi connectivity index (χ1n) is 11.9. The summed E-state index contributed by atoms with van der Waals surface area (Å²) in [6.07, 6.45) is 1.44. The van der Waals surface area contributed by atoms with Crippen LogP contribution >= 0.6 is 23.2 Å². The number of fused-ring (bicyclic) bond motifs is 1. The molecule has 0 bridgehead atoms. The molecule has 0 spiro atoms. The van der Waals surface area contributed by atoms with Crippen molar-refractivity contribution in [1.29, 1.82) is 0 Å². The lowest BCUT2D eigenvalue weighted by Gasteiger charge is -2.30. The van der Waals surface area contributed by atoms with E-state index in [9.17, 15) is 4.79 Å². The van der Waals surface area contributed by atoms with E-state index in [1.807, 2.05) is 42.5 Å². The molecule has 8 nitrogen and oxygen atoms in total. The van der Waals surface area contributed by atoms with Crippen LogP contribution in [-0.4, -0.2) is 34.5 Å². The minimum atomic E-state index is -0.635. The number of carbonyl (C=O) groups excluding carboxylic acids is 1. The van der Waals surface area contributed by atoms with Gasteiger partial charge in [-0.15, -0.1) is 0 Å². The Kier molecular flexibility index (Phi) is 7.53. The molecule has 1 N–H and O–H groups in total. The van der Waals surface area contributed by atoms with Crippen LogP contribution in [0.5, 0.6) is 11.5 Å². The largest absolute Gasteiger partial charge is 0.493 e. The third-order valence-electron chi connectivity index (χ3n) is 6.09. The van der Waals surface area contributed by atoms with E-state index in [4.69, 9.17) is 37.4 Å². The van der Waals surface area contributed by atoms with Crippen LogP contribution in [0.15, 0.2) is 78.6 Å². The van der Waals surface area contributed by atoms with Crippen LogP contribution in [0.3, 0.4) is 0 Å². The second-order valence-corrected chi connectivity index (χ2v) is 9.14. The fourth-order valence-corrected chi connectivity index (χ4v) is 4.83. The first-order chi connectivity index (χ1) is 18.5. The Morgan fingerprint density at radius 1 is 1.03 bits per heavy atom. The highest BCUT2D eigenvalue weighted by molar-refractivity contribution is 6.35. The molecule has 10 heteroatoms. The van der Waals surface area contributed by atoms with E-state index in [1.54, 1.807) is 43.0 Å². The Morgan fingerprint density at radius 3 is 2.50 bits per heavy atom. The van der Waals surface area contributed by atoms with E-state index < -0.39 is 12.0 Å². The number of aromatic nitrogens is 3. The van der Waals surface area contributed by atoms with E-state index in [0.29, 0.717) is 44.3 Å². The number of ether oxygens (including phenoxy) is 3. The number of nitrogens with one attached hydrogen (secondary N) is 1. The van der Waals surface area contributed by atoms with Crippen LogP contribution < -0.4 is 14.8 Å². The average Bonchev–Trinajstić information content (AvgIpc) is 3.41. The zero-order valence-corrected chi connectivity index (χ0v) is 22.2. The van der Waals surface area contributed by atoms with Crippen molar-refractivity contribution >= 4 is 40.8 Å². The van der Waals surface area contributed by atoms with E-state index in [2.05, 4.69) is 15.4 Å². The summed E-state index contributed by atoms with van der Waals surface area (Å²) in [6.45, 7) is 2.15. The van der Waals surface area contributed by atoms with Gasteiger partial charge in [0.2, 0.25) is 5.95 Å². The van der Waals surface area contributed by atoms with Gasteiger partial charge >= 0.3 is 5.97 Å². The molecular formula is C28H24Cl2N4O4. The Bertz CT molecular complexity index is 1480. The normalized spacial score (nSPS) is 14.5. The number of rotatable bonds is 8. The van der Waals surface area contributed by atoms with Gasteiger partial charge in [0.05, 0.1) is 25.0 Å². The fraction of sp³-hybridized carbons (Fsp3) is 0.179. The Balaban J connectivity index is 1.58. The molecule has 0 saturated heterocycles. The molecule has 1 aliphatic heterocycles. The number of methoxy groups -OCH3 is 1. The van der Waals surface area contributed by atoms with Gasteiger partial charge in [0.1, 0.15) is 19.0 Å². The molecule has 0 radical (unpaired) electrons. The molecular weight excluding hydrogens is 527 g/mol. The molecule has 0 aliphatic carbocycles. The summed E-state index contributed by atoms with van der Waals surface area (Å²) in [5.74, 6) is 0.993. The molecule has 5 rings (SSSR count). The van der Waals surface area contributed by atoms with Crippen LogP contribution in [0.4, 0.5) is 5.95 Å². The smallest absolute Gasteiger partial charge is 0.338 e. The van der Waals surface area contributed by atoms with Crippen LogP contribution in [0.2, 0.25) is 10.0 Å². The van der Waals surface area contributed by atoms with Crippen LogP contribution in [0.25, 0.3) is 5.70 Å². The minimum absolute atomic E-state index is 0.154. The molecule has 0 fully saturated rings. The molecule has 1 atom stereocenters. The summed E-state index contributed by atoms with van der Waals surface area (Å²) in [5, 5.41) is 8.69. The summed E-state index contributed by atoms with van der Waals surface area (Å²) in [7, 11) is 1.55. The number of benzene rings is 3. The lowest BCUT2D eigenvalue weighted by atomic mass is 9.92. The van der Waals surface area contributed by atoms with Gasteiger partial charge in [0.25, 0.3) is 0 Å². The van der Waals surface area contributed by atoms with Gasteiger partial charge in [-0.05, 0) is 42.3 Å². The number of hydrogen-bond donors (Lipinski definition) is 1. The van der Waals surface area contributed by atoms with Crippen molar-refractivity contribution in [2.24, 2.45) is 0 Å². The van der Waals surface area contributed by atoms with Gasteiger partial charge < -0.3 is 19.5 Å². The fourth-order valence-electron chi connectivity index (χ4n) is 4.32. The van der Waals surface area contributed by atoms with Crippen molar-refractivity contribution in [3.63, 3.8) is 0 Å². The maximum atomic E-state index is 13.4. The van der Waals surface area contributed by atoms with E-state index in [1.165, 1.54) is 6.33 Å². The molecule has 3 aromatic carbocycles. The van der Waals surface area contributed by atoms with Crippen molar-refractivity contribution in [3.8, 4) is 11.5 Å². The SMILES string of the molecule is CCOC(=O)C1=C(c2ccccc2)Nc2ncnn2C1c1ccc(OCc2c(Cl)cccc2Cl)c(OC)c1. The van der Waals surface area contributed by atoms with Crippen LogP contribution in [0.1, 0.15) is 29.7 Å². The molecule has 0 saturated carbocycles. The maximum absolute atomic E-state index is 13.4. The molecule has 0 amide bonds. The number of halogens is 2. The maximum Gasteiger partial charge on any atom is 0.338 e. The van der Waals surface area contributed by atoms with Gasteiger partial charge in [0.15, 0.2) is 11.5 Å². The molecule has 1 aliphatic rings. The van der Waals surface area contributed by atoms with Crippen LogP contribution in [0, 0.1) is 0 Å². The van der Waals surface area contributed by atoms with Gasteiger partial charge in [0, 0.05) is 15.6 Å². The molecule has 2 heterocycles. The standard InChI is InChI=1S/C28H24Cl2N4O4/c1-3-37-27(35)24-25(17-8-5-4-6-9-17)33-28-31-16-32-34(28)26(24)18-12-13-22(23(14-18)36-2)38-15-19-20(29)10-7-11-21(19)30/h4-14,16,26H,3,15H2,1-2H3,(H,31,32,33). The third-order valence-corrected chi connectivity index (χ3v) is 6.80. The molecule has 38 heavy (non-hydrogen) atoms. The summed E-state index contributed by atoms with van der Waals surface area (Å²) < 4.78 is 18.8. The second kappa shape index (κ2) is 11.2. The van der Waals surface area contributed by atoms with Gasteiger partial charge in [-0.3, -0.25) is 0 Å². The monoisotopic (exact) mass is 550 g/mol. The van der Waals surface area contributed by atoms with Crippen molar-refractivity contribution in [1.82, 2.24) is 14.8 Å². The number of nitrogens with zero attached hydrogens (tertiary/aromatic N) is 3. The lowest BCUT2D eigenvalue weighted by Crippen LogP contribution is -2.30. The van der Waals surface area contributed by atoms with E-state index >= 15 is 0 Å². The lowest BCUT2D eigenvalue weighted by molar-refractivity contribution is -0.138. The predicted octanol–water partition coefficient (Wildman–Crippen LogP) is 6.16.